The van der Waals surface area contributed by atoms with Crippen molar-refractivity contribution < 1.29 is 22.1 Å². The SMILES string of the molecule is CS(=O)(=O)OCCCCOCC=O. The maximum atomic E-state index is 10.5. The number of unbranched alkanes of at least 4 members (excludes halogenated alkanes) is 1. The fourth-order valence-corrected chi connectivity index (χ4v) is 1.07. The molecule has 0 amide bonds. The van der Waals surface area contributed by atoms with E-state index in [-0.39, 0.29) is 13.2 Å². The first-order valence-electron chi connectivity index (χ1n) is 3.92. The number of rotatable bonds is 8. The minimum absolute atomic E-state index is 0.0902. The van der Waals surface area contributed by atoms with Gasteiger partial charge in [0.1, 0.15) is 12.9 Å². The Hall–Kier alpha value is -0.460. The van der Waals surface area contributed by atoms with E-state index in [2.05, 4.69) is 4.18 Å². The normalized spacial score (nSPS) is 11.5. The molecular formula is C7H14O5S. The average Bonchev–Trinajstić information content (AvgIpc) is 2.01. The summed E-state index contributed by atoms with van der Waals surface area (Å²) in [4.78, 5) is 9.80. The standard InChI is InChI=1S/C7H14O5S/c1-13(9,10)12-6-3-2-5-11-7-4-8/h4H,2-3,5-7H2,1H3. The molecule has 0 heterocycles. The molecule has 0 aliphatic heterocycles. The molecule has 0 unspecified atom stereocenters. The predicted octanol–water partition coefficient (Wildman–Crippen LogP) is -0.0417. The number of hydrogen-bond acceptors (Lipinski definition) is 5. The number of hydrogen-bond donors (Lipinski definition) is 0. The van der Waals surface area contributed by atoms with Crippen molar-refractivity contribution in [1.82, 2.24) is 0 Å². The summed E-state index contributed by atoms with van der Waals surface area (Å²) in [6, 6.07) is 0. The topological polar surface area (TPSA) is 69.7 Å². The van der Waals surface area contributed by atoms with Crippen LogP contribution in [0.3, 0.4) is 0 Å². The monoisotopic (exact) mass is 210 g/mol. The highest BCUT2D eigenvalue weighted by atomic mass is 32.2. The van der Waals surface area contributed by atoms with Crippen LogP contribution in [0, 0.1) is 0 Å². The third-order valence-electron chi connectivity index (χ3n) is 1.17. The van der Waals surface area contributed by atoms with Gasteiger partial charge in [-0.25, -0.2) is 0 Å². The van der Waals surface area contributed by atoms with Crippen molar-refractivity contribution in [2.24, 2.45) is 0 Å². The van der Waals surface area contributed by atoms with Gasteiger partial charge in [-0.05, 0) is 12.8 Å². The van der Waals surface area contributed by atoms with Crippen LogP contribution in [0.15, 0.2) is 0 Å². The summed E-state index contributed by atoms with van der Waals surface area (Å²) in [5.74, 6) is 0. The van der Waals surface area contributed by atoms with Gasteiger partial charge in [-0.2, -0.15) is 8.42 Å². The van der Waals surface area contributed by atoms with Crippen LogP contribution < -0.4 is 0 Å². The summed E-state index contributed by atoms with van der Waals surface area (Å²) in [6.45, 7) is 0.710. The molecule has 6 heteroatoms. The van der Waals surface area contributed by atoms with Crippen LogP contribution in [-0.2, 0) is 23.8 Å². The number of ether oxygens (including phenoxy) is 1. The summed E-state index contributed by atoms with van der Waals surface area (Å²) in [5.41, 5.74) is 0. The van der Waals surface area contributed by atoms with Gasteiger partial charge in [0, 0.05) is 6.61 Å². The molecule has 0 aromatic rings. The molecule has 0 aliphatic carbocycles. The quantitative estimate of drug-likeness (QED) is 0.319. The van der Waals surface area contributed by atoms with Crippen LogP contribution in [0.1, 0.15) is 12.8 Å². The van der Waals surface area contributed by atoms with Gasteiger partial charge in [0.15, 0.2) is 0 Å². The Balaban J connectivity index is 3.13. The molecule has 0 fully saturated rings. The molecule has 0 aromatic heterocycles. The maximum Gasteiger partial charge on any atom is 0.264 e. The Morgan fingerprint density at radius 3 is 2.38 bits per heavy atom. The first-order valence-corrected chi connectivity index (χ1v) is 5.73. The molecule has 0 aliphatic rings. The Morgan fingerprint density at radius 1 is 1.23 bits per heavy atom. The highest BCUT2D eigenvalue weighted by Crippen LogP contribution is 1.94. The van der Waals surface area contributed by atoms with Crippen molar-refractivity contribution in [1.29, 1.82) is 0 Å². The van der Waals surface area contributed by atoms with Gasteiger partial charge in [0.25, 0.3) is 10.1 Å². The van der Waals surface area contributed by atoms with E-state index in [0.717, 1.165) is 6.26 Å². The van der Waals surface area contributed by atoms with Gasteiger partial charge in [-0.3, -0.25) is 4.18 Å². The smallest absolute Gasteiger partial charge is 0.264 e. The average molecular weight is 210 g/mol. The molecule has 0 spiro atoms. The molecule has 0 saturated carbocycles. The van der Waals surface area contributed by atoms with Crippen molar-refractivity contribution in [2.75, 3.05) is 26.1 Å². The molecule has 0 saturated heterocycles. The van der Waals surface area contributed by atoms with Crippen LogP contribution in [-0.4, -0.2) is 40.8 Å². The van der Waals surface area contributed by atoms with Gasteiger partial charge in [0.05, 0.1) is 12.9 Å². The van der Waals surface area contributed by atoms with E-state index in [4.69, 9.17) is 4.74 Å². The molecule has 13 heavy (non-hydrogen) atoms. The van der Waals surface area contributed by atoms with Crippen LogP contribution >= 0.6 is 0 Å². The lowest BCUT2D eigenvalue weighted by atomic mass is 10.3. The zero-order valence-corrected chi connectivity index (χ0v) is 8.38. The second-order valence-corrected chi connectivity index (χ2v) is 4.12. The molecule has 0 N–H and O–H groups in total. The lowest BCUT2D eigenvalue weighted by Gasteiger charge is -2.01. The van der Waals surface area contributed by atoms with Gasteiger partial charge in [-0.1, -0.05) is 0 Å². The van der Waals surface area contributed by atoms with E-state index >= 15 is 0 Å². The van der Waals surface area contributed by atoms with E-state index in [1.807, 2.05) is 0 Å². The van der Waals surface area contributed by atoms with E-state index in [0.29, 0.717) is 25.7 Å². The predicted molar refractivity (Wildman–Crippen MR) is 46.9 cm³/mol. The summed E-state index contributed by atoms with van der Waals surface area (Å²) in [6.07, 6.45) is 2.97. The zero-order valence-electron chi connectivity index (χ0n) is 7.56. The lowest BCUT2D eigenvalue weighted by Crippen LogP contribution is -2.05. The molecule has 0 bridgehead atoms. The molecule has 0 rings (SSSR count). The highest BCUT2D eigenvalue weighted by Gasteiger charge is 1.99. The minimum atomic E-state index is -3.32. The molecular weight excluding hydrogens is 196 g/mol. The van der Waals surface area contributed by atoms with Crippen molar-refractivity contribution in [3.8, 4) is 0 Å². The van der Waals surface area contributed by atoms with Crippen LogP contribution in [0.4, 0.5) is 0 Å². The summed E-state index contributed by atoms with van der Waals surface area (Å²) in [5, 5.41) is 0. The Kier molecular flexibility index (Phi) is 6.75. The fraction of sp³-hybridized carbons (Fsp3) is 0.857. The van der Waals surface area contributed by atoms with Crippen molar-refractivity contribution in [3.63, 3.8) is 0 Å². The number of aldehydes is 1. The van der Waals surface area contributed by atoms with Crippen molar-refractivity contribution >= 4 is 16.4 Å². The Bertz CT molecular complexity index is 221. The largest absolute Gasteiger partial charge is 0.374 e. The van der Waals surface area contributed by atoms with E-state index in [1.165, 1.54) is 0 Å². The van der Waals surface area contributed by atoms with Gasteiger partial charge < -0.3 is 9.53 Å². The number of carbonyl (C=O) groups is 1. The summed E-state index contributed by atoms with van der Waals surface area (Å²) >= 11 is 0. The van der Waals surface area contributed by atoms with E-state index < -0.39 is 10.1 Å². The highest BCUT2D eigenvalue weighted by molar-refractivity contribution is 7.85. The van der Waals surface area contributed by atoms with Crippen LogP contribution in [0.5, 0.6) is 0 Å². The minimum Gasteiger partial charge on any atom is -0.374 e. The molecule has 0 radical (unpaired) electrons. The fourth-order valence-electron chi connectivity index (χ4n) is 0.648. The Morgan fingerprint density at radius 2 is 1.85 bits per heavy atom. The van der Waals surface area contributed by atoms with Gasteiger partial charge >= 0.3 is 0 Å². The molecule has 5 nitrogen and oxygen atoms in total. The first-order chi connectivity index (χ1) is 6.06. The van der Waals surface area contributed by atoms with Crippen LogP contribution in [0.25, 0.3) is 0 Å². The van der Waals surface area contributed by atoms with Gasteiger partial charge in [0.2, 0.25) is 0 Å². The third kappa shape index (κ3) is 11.5. The molecule has 0 aromatic carbocycles. The second-order valence-electron chi connectivity index (χ2n) is 2.47. The zero-order chi connectivity index (χ0) is 10.2. The van der Waals surface area contributed by atoms with E-state index in [9.17, 15) is 13.2 Å². The van der Waals surface area contributed by atoms with Gasteiger partial charge in [-0.15, -0.1) is 0 Å². The lowest BCUT2D eigenvalue weighted by molar-refractivity contribution is -0.111. The third-order valence-corrected chi connectivity index (χ3v) is 1.76. The summed E-state index contributed by atoms with van der Waals surface area (Å²) < 4.78 is 30.3. The molecule has 0 atom stereocenters. The van der Waals surface area contributed by atoms with Crippen molar-refractivity contribution in [3.05, 3.63) is 0 Å². The Labute approximate surface area is 78.2 Å². The first kappa shape index (κ1) is 12.5. The summed E-state index contributed by atoms with van der Waals surface area (Å²) in [7, 11) is -3.32. The van der Waals surface area contributed by atoms with E-state index in [1.54, 1.807) is 0 Å². The second kappa shape index (κ2) is 6.99. The van der Waals surface area contributed by atoms with Crippen molar-refractivity contribution in [2.45, 2.75) is 12.8 Å². The molecule has 78 valence electrons. The number of carbonyl (C=O) groups excluding carboxylic acids is 1. The van der Waals surface area contributed by atoms with Crippen LogP contribution in [0.2, 0.25) is 0 Å². The maximum absolute atomic E-state index is 10.5.